The fourth-order valence-electron chi connectivity index (χ4n) is 1.99. The molecule has 0 fully saturated rings. The summed E-state index contributed by atoms with van der Waals surface area (Å²) in [5.74, 6) is -0.0818. The van der Waals surface area contributed by atoms with Crippen LogP contribution in [0.15, 0.2) is 42.5 Å². The molecule has 0 unspecified atom stereocenters. The Morgan fingerprint density at radius 3 is 1.95 bits per heavy atom. The van der Waals surface area contributed by atoms with Gasteiger partial charge in [0.25, 0.3) is 5.91 Å². The quantitative estimate of drug-likeness (QED) is 0.884. The van der Waals surface area contributed by atoms with E-state index in [2.05, 4.69) is 5.32 Å². The van der Waals surface area contributed by atoms with Gasteiger partial charge in [0, 0.05) is 11.3 Å². The minimum Gasteiger partial charge on any atom is -0.496 e. The molecule has 0 bridgehead atoms. The molecule has 3 N–H and O–H groups in total. The molecule has 0 saturated heterocycles. The number of benzene rings is 2. The largest absolute Gasteiger partial charge is 0.496 e. The fourth-order valence-corrected chi connectivity index (χ4v) is 1.99. The average Bonchev–Trinajstić information content (AvgIpc) is 2.54. The summed E-state index contributed by atoms with van der Waals surface area (Å²) < 4.78 is 10.4. The average molecular weight is 300 g/mol. The Morgan fingerprint density at radius 2 is 1.50 bits per heavy atom. The predicted octanol–water partition coefficient (Wildman–Crippen LogP) is 2.05. The SMILES string of the molecule is COc1cccc(OC)c1C(=O)Nc1ccc(C(N)=O)cc1. The van der Waals surface area contributed by atoms with Crippen molar-refractivity contribution in [3.05, 3.63) is 53.6 Å². The van der Waals surface area contributed by atoms with Gasteiger partial charge in [-0.3, -0.25) is 9.59 Å². The number of anilines is 1. The molecule has 0 heterocycles. The molecule has 0 atom stereocenters. The van der Waals surface area contributed by atoms with E-state index < -0.39 is 5.91 Å². The van der Waals surface area contributed by atoms with Gasteiger partial charge >= 0.3 is 0 Å². The third kappa shape index (κ3) is 3.17. The monoisotopic (exact) mass is 300 g/mol. The number of nitrogens with one attached hydrogen (secondary N) is 1. The Morgan fingerprint density at radius 1 is 0.955 bits per heavy atom. The zero-order valence-corrected chi connectivity index (χ0v) is 12.3. The van der Waals surface area contributed by atoms with Gasteiger partial charge in [0.1, 0.15) is 17.1 Å². The van der Waals surface area contributed by atoms with E-state index in [-0.39, 0.29) is 5.91 Å². The van der Waals surface area contributed by atoms with Crippen LogP contribution in [0.3, 0.4) is 0 Å². The molecular formula is C16H16N2O4. The summed E-state index contributed by atoms with van der Waals surface area (Å²) >= 11 is 0. The van der Waals surface area contributed by atoms with Crippen molar-refractivity contribution in [3.8, 4) is 11.5 Å². The van der Waals surface area contributed by atoms with Gasteiger partial charge in [0.05, 0.1) is 14.2 Å². The molecule has 2 amide bonds. The van der Waals surface area contributed by atoms with Crippen LogP contribution in [0.5, 0.6) is 11.5 Å². The second-order valence-corrected chi connectivity index (χ2v) is 4.43. The zero-order chi connectivity index (χ0) is 16.1. The Kier molecular flexibility index (Phi) is 4.63. The number of ether oxygens (including phenoxy) is 2. The Labute approximate surface area is 127 Å². The van der Waals surface area contributed by atoms with Gasteiger partial charge in [-0.05, 0) is 36.4 Å². The highest BCUT2D eigenvalue weighted by molar-refractivity contribution is 6.08. The van der Waals surface area contributed by atoms with Gasteiger partial charge in [-0.25, -0.2) is 0 Å². The number of carbonyl (C=O) groups is 2. The van der Waals surface area contributed by atoms with E-state index in [9.17, 15) is 9.59 Å². The van der Waals surface area contributed by atoms with Crippen LogP contribution in [0.25, 0.3) is 0 Å². The van der Waals surface area contributed by atoms with Gasteiger partial charge < -0.3 is 20.5 Å². The predicted molar refractivity (Wildman–Crippen MR) is 82.5 cm³/mol. The van der Waals surface area contributed by atoms with Crippen LogP contribution in [0, 0.1) is 0 Å². The topological polar surface area (TPSA) is 90.7 Å². The van der Waals surface area contributed by atoms with Crippen LogP contribution in [0.1, 0.15) is 20.7 Å². The van der Waals surface area contributed by atoms with Crippen LogP contribution in [-0.2, 0) is 0 Å². The van der Waals surface area contributed by atoms with Crippen molar-refractivity contribution >= 4 is 17.5 Å². The molecule has 2 aromatic rings. The second kappa shape index (κ2) is 6.62. The summed E-state index contributed by atoms with van der Waals surface area (Å²) in [5, 5.41) is 2.72. The van der Waals surface area contributed by atoms with Crippen LogP contribution in [-0.4, -0.2) is 26.0 Å². The summed E-state index contributed by atoms with van der Waals surface area (Å²) in [4.78, 5) is 23.5. The third-order valence-corrected chi connectivity index (χ3v) is 3.08. The molecule has 2 aromatic carbocycles. The summed E-state index contributed by atoms with van der Waals surface area (Å²) in [5.41, 5.74) is 6.37. The van der Waals surface area contributed by atoms with E-state index in [0.717, 1.165) is 0 Å². The molecule has 114 valence electrons. The lowest BCUT2D eigenvalue weighted by atomic mass is 10.1. The summed E-state index contributed by atoms with van der Waals surface area (Å²) in [6.07, 6.45) is 0. The van der Waals surface area contributed by atoms with Gasteiger partial charge in [-0.2, -0.15) is 0 Å². The molecule has 0 saturated carbocycles. The van der Waals surface area contributed by atoms with E-state index >= 15 is 0 Å². The fraction of sp³-hybridized carbons (Fsp3) is 0.125. The maximum atomic E-state index is 12.4. The van der Waals surface area contributed by atoms with E-state index in [1.54, 1.807) is 30.3 Å². The van der Waals surface area contributed by atoms with Crippen LogP contribution >= 0.6 is 0 Å². The van der Waals surface area contributed by atoms with Crippen molar-refractivity contribution in [2.45, 2.75) is 0 Å². The number of rotatable bonds is 5. The molecule has 0 spiro atoms. The molecule has 0 aliphatic carbocycles. The highest BCUT2D eigenvalue weighted by Gasteiger charge is 2.18. The first-order chi connectivity index (χ1) is 10.6. The minimum atomic E-state index is -0.524. The van der Waals surface area contributed by atoms with Crippen molar-refractivity contribution < 1.29 is 19.1 Å². The molecular weight excluding hydrogens is 284 g/mol. The summed E-state index contributed by atoms with van der Waals surface area (Å²) in [6, 6.07) is 11.4. The number of methoxy groups -OCH3 is 2. The lowest BCUT2D eigenvalue weighted by Gasteiger charge is -2.13. The minimum absolute atomic E-state index is 0.298. The number of carbonyl (C=O) groups excluding carboxylic acids is 2. The van der Waals surface area contributed by atoms with Gasteiger partial charge in [-0.15, -0.1) is 0 Å². The smallest absolute Gasteiger partial charge is 0.263 e. The van der Waals surface area contributed by atoms with Gasteiger partial charge in [-0.1, -0.05) is 6.07 Å². The number of hydrogen-bond acceptors (Lipinski definition) is 4. The first kappa shape index (κ1) is 15.4. The molecule has 0 aliphatic heterocycles. The lowest BCUT2D eigenvalue weighted by Crippen LogP contribution is -2.15. The first-order valence-electron chi connectivity index (χ1n) is 6.49. The van der Waals surface area contributed by atoms with Gasteiger partial charge in [0.15, 0.2) is 0 Å². The molecule has 0 radical (unpaired) electrons. The number of nitrogens with two attached hydrogens (primary N) is 1. The van der Waals surface area contributed by atoms with E-state index in [4.69, 9.17) is 15.2 Å². The second-order valence-electron chi connectivity index (χ2n) is 4.43. The zero-order valence-electron chi connectivity index (χ0n) is 12.3. The van der Waals surface area contributed by atoms with Crippen molar-refractivity contribution in [2.75, 3.05) is 19.5 Å². The van der Waals surface area contributed by atoms with Crippen molar-refractivity contribution in [1.82, 2.24) is 0 Å². The van der Waals surface area contributed by atoms with Crippen LogP contribution in [0.2, 0.25) is 0 Å². The maximum Gasteiger partial charge on any atom is 0.263 e. The van der Waals surface area contributed by atoms with E-state index in [1.165, 1.54) is 26.4 Å². The molecule has 0 aliphatic rings. The highest BCUT2D eigenvalue weighted by atomic mass is 16.5. The molecule has 2 rings (SSSR count). The van der Waals surface area contributed by atoms with Crippen molar-refractivity contribution in [3.63, 3.8) is 0 Å². The van der Waals surface area contributed by atoms with E-state index in [1.807, 2.05) is 0 Å². The molecule has 6 heteroatoms. The maximum absolute atomic E-state index is 12.4. The van der Waals surface area contributed by atoms with Crippen LogP contribution in [0.4, 0.5) is 5.69 Å². The van der Waals surface area contributed by atoms with E-state index in [0.29, 0.717) is 28.3 Å². The van der Waals surface area contributed by atoms with Crippen LogP contribution < -0.4 is 20.5 Å². The standard InChI is InChI=1S/C16H16N2O4/c1-21-12-4-3-5-13(22-2)14(12)16(20)18-11-8-6-10(7-9-11)15(17)19/h3-9H,1-2H3,(H2,17,19)(H,18,20). The summed E-state index contributed by atoms with van der Waals surface area (Å²) in [6.45, 7) is 0. The highest BCUT2D eigenvalue weighted by Crippen LogP contribution is 2.29. The molecule has 6 nitrogen and oxygen atoms in total. The van der Waals surface area contributed by atoms with Gasteiger partial charge in [0.2, 0.25) is 5.91 Å². The van der Waals surface area contributed by atoms with Crippen molar-refractivity contribution in [2.24, 2.45) is 5.73 Å². The Hall–Kier alpha value is -3.02. The lowest BCUT2D eigenvalue weighted by molar-refractivity contribution is 0.0997. The number of amides is 2. The number of primary amides is 1. The molecule has 0 aromatic heterocycles. The van der Waals surface area contributed by atoms with Crippen molar-refractivity contribution in [1.29, 1.82) is 0 Å². The first-order valence-corrected chi connectivity index (χ1v) is 6.49. The Bertz CT molecular complexity index is 674. The number of hydrogen-bond donors (Lipinski definition) is 2. The molecule has 22 heavy (non-hydrogen) atoms. The third-order valence-electron chi connectivity index (χ3n) is 3.08. The Balaban J connectivity index is 2.27. The summed E-state index contributed by atoms with van der Waals surface area (Å²) in [7, 11) is 2.96. The normalized spacial score (nSPS) is 9.91.